The Kier molecular flexibility index (Phi) is 5.85. The van der Waals surface area contributed by atoms with E-state index in [1.807, 2.05) is 0 Å². The lowest BCUT2D eigenvalue weighted by Gasteiger charge is -2.17. The van der Waals surface area contributed by atoms with Gasteiger partial charge in [-0.3, -0.25) is 9.59 Å². The van der Waals surface area contributed by atoms with E-state index in [-0.39, 0.29) is 5.91 Å². The Morgan fingerprint density at radius 2 is 1.59 bits per heavy atom. The number of halogens is 1. The zero-order valence-electron chi connectivity index (χ0n) is 17.0. The van der Waals surface area contributed by atoms with Gasteiger partial charge in [0.1, 0.15) is 17.0 Å². The Labute approximate surface area is 184 Å². The molecule has 0 unspecified atom stereocenters. The lowest BCUT2D eigenvalue weighted by atomic mass is 10.0. The molecule has 32 heavy (non-hydrogen) atoms. The van der Waals surface area contributed by atoms with E-state index >= 15 is 0 Å². The van der Waals surface area contributed by atoms with E-state index < -0.39 is 17.1 Å². The van der Waals surface area contributed by atoms with Gasteiger partial charge in [0.25, 0.3) is 0 Å². The van der Waals surface area contributed by atoms with Crippen molar-refractivity contribution in [3.05, 3.63) is 90.2 Å². The highest BCUT2D eigenvalue weighted by molar-refractivity contribution is 6.16. The molecule has 0 atom stereocenters. The largest absolute Gasteiger partial charge is 0.455 e. The summed E-state index contributed by atoms with van der Waals surface area (Å²) in [5.41, 5.74) is 0.507. The van der Waals surface area contributed by atoms with E-state index in [4.69, 9.17) is 10.1 Å². The van der Waals surface area contributed by atoms with Crippen LogP contribution in [0.15, 0.2) is 84.4 Å². The molecule has 2 aromatic rings. The molecule has 1 fully saturated rings. The number of anilines is 2. The first-order valence-electron chi connectivity index (χ1n) is 10.0. The summed E-state index contributed by atoms with van der Waals surface area (Å²) < 4.78 is 18.9. The van der Waals surface area contributed by atoms with Gasteiger partial charge in [0.15, 0.2) is 5.76 Å². The van der Waals surface area contributed by atoms with Gasteiger partial charge in [0.05, 0.1) is 5.70 Å². The second-order valence-corrected chi connectivity index (χ2v) is 7.41. The minimum Gasteiger partial charge on any atom is -0.455 e. The fourth-order valence-corrected chi connectivity index (χ4v) is 3.19. The van der Waals surface area contributed by atoms with Crippen molar-refractivity contribution < 1.29 is 18.7 Å². The number of carbonyl (C=O) groups excluding carboxylic acids is 2. The van der Waals surface area contributed by atoms with E-state index in [9.17, 15) is 14.0 Å². The SMILES string of the molecule is N=C/C=C1\NC=CC=C1Oc1ccc(NC(=O)C2(C(=O)Nc3ccc(F)cc3)CC2)cc1. The number of ether oxygens (including phenoxy) is 1. The van der Waals surface area contributed by atoms with Crippen molar-refractivity contribution in [3.63, 3.8) is 0 Å². The Balaban J connectivity index is 1.38. The molecule has 0 bridgehead atoms. The van der Waals surface area contributed by atoms with Gasteiger partial charge in [-0.1, -0.05) is 0 Å². The maximum atomic E-state index is 13.0. The van der Waals surface area contributed by atoms with Crippen molar-refractivity contribution in [2.75, 3.05) is 10.6 Å². The van der Waals surface area contributed by atoms with Crippen molar-refractivity contribution in [2.45, 2.75) is 12.8 Å². The molecule has 0 radical (unpaired) electrons. The van der Waals surface area contributed by atoms with Gasteiger partial charge in [-0.2, -0.15) is 0 Å². The van der Waals surface area contributed by atoms with Crippen LogP contribution >= 0.6 is 0 Å². The van der Waals surface area contributed by atoms with Crippen LogP contribution in [-0.4, -0.2) is 18.0 Å². The second-order valence-electron chi connectivity index (χ2n) is 7.41. The average molecular weight is 432 g/mol. The number of hydrogen-bond acceptors (Lipinski definition) is 5. The van der Waals surface area contributed by atoms with Crippen LogP contribution in [0.2, 0.25) is 0 Å². The zero-order valence-corrected chi connectivity index (χ0v) is 17.0. The summed E-state index contributed by atoms with van der Waals surface area (Å²) in [5, 5.41) is 15.7. The smallest absolute Gasteiger partial charge is 0.240 e. The van der Waals surface area contributed by atoms with Crippen LogP contribution in [0.25, 0.3) is 0 Å². The van der Waals surface area contributed by atoms with E-state index in [0.29, 0.717) is 41.4 Å². The molecular formula is C24H21FN4O3. The molecule has 2 aromatic carbocycles. The molecule has 1 aliphatic heterocycles. The third-order valence-electron chi connectivity index (χ3n) is 5.16. The Bertz CT molecular complexity index is 1130. The normalized spacial score (nSPS) is 17.0. The minimum atomic E-state index is -1.12. The van der Waals surface area contributed by atoms with E-state index in [2.05, 4.69) is 16.0 Å². The monoisotopic (exact) mass is 432 g/mol. The molecule has 1 heterocycles. The maximum absolute atomic E-state index is 13.0. The van der Waals surface area contributed by atoms with Gasteiger partial charge in [-0.05, 0) is 79.6 Å². The van der Waals surface area contributed by atoms with Crippen molar-refractivity contribution >= 4 is 29.4 Å². The summed E-state index contributed by atoms with van der Waals surface area (Å²) in [7, 11) is 0. The average Bonchev–Trinajstić information content (AvgIpc) is 3.61. The Morgan fingerprint density at radius 3 is 2.16 bits per heavy atom. The molecule has 2 amide bonds. The van der Waals surface area contributed by atoms with Crippen LogP contribution in [0.5, 0.6) is 5.75 Å². The van der Waals surface area contributed by atoms with E-state index in [1.165, 1.54) is 24.3 Å². The molecule has 0 aromatic heterocycles. The number of carbonyl (C=O) groups is 2. The molecule has 7 nitrogen and oxygen atoms in total. The third-order valence-corrected chi connectivity index (χ3v) is 5.16. The Hall–Kier alpha value is -4.20. The molecule has 8 heteroatoms. The number of allylic oxidation sites excluding steroid dienone is 3. The number of hydrogen-bond donors (Lipinski definition) is 4. The van der Waals surface area contributed by atoms with Crippen LogP contribution in [0.1, 0.15) is 12.8 Å². The Morgan fingerprint density at radius 1 is 1.00 bits per heavy atom. The second kappa shape index (κ2) is 8.89. The van der Waals surface area contributed by atoms with Gasteiger partial charge >= 0.3 is 0 Å². The quantitative estimate of drug-likeness (QED) is 0.391. The number of nitrogens with one attached hydrogen (secondary N) is 4. The first-order chi connectivity index (χ1) is 15.5. The topological polar surface area (TPSA) is 103 Å². The summed E-state index contributed by atoms with van der Waals surface area (Å²) in [6.07, 6.45) is 8.94. The molecular weight excluding hydrogens is 411 g/mol. The summed E-state index contributed by atoms with van der Waals surface area (Å²) in [4.78, 5) is 25.4. The van der Waals surface area contributed by atoms with E-state index in [0.717, 1.165) is 6.21 Å². The molecule has 4 N–H and O–H groups in total. The summed E-state index contributed by atoms with van der Waals surface area (Å²) in [6, 6.07) is 12.2. The highest BCUT2D eigenvalue weighted by Gasteiger charge is 2.56. The van der Waals surface area contributed by atoms with Crippen LogP contribution in [-0.2, 0) is 9.59 Å². The molecule has 2 aliphatic rings. The summed E-state index contributed by atoms with van der Waals surface area (Å²) >= 11 is 0. The number of amides is 2. The zero-order chi connectivity index (χ0) is 22.6. The standard InChI is InChI=1S/C24H21FN4O3/c25-16-3-5-17(6-4-16)28-22(30)24(12-13-24)23(31)29-18-7-9-19(10-8-18)32-21-2-1-15-27-20(21)11-14-26/h1-11,14-15,26-27H,12-13H2,(H,28,30)(H,29,31)/b20-11-,26-14?. The molecule has 4 rings (SSSR count). The fourth-order valence-electron chi connectivity index (χ4n) is 3.19. The number of dihydropyridines is 1. The molecule has 0 spiro atoms. The van der Waals surface area contributed by atoms with Crippen molar-refractivity contribution in [1.82, 2.24) is 5.32 Å². The minimum absolute atomic E-state index is 0.383. The highest BCUT2D eigenvalue weighted by atomic mass is 19.1. The molecule has 1 aliphatic carbocycles. The third kappa shape index (κ3) is 4.59. The maximum Gasteiger partial charge on any atom is 0.240 e. The van der Waals surface area contributed by atoms with Gasteiger partial charge in [0, 0.05) is 23.8 Å². The van der Waals surface area contributed by atoms with Crippen LogP contribution in [0, 0.1) is 16.6 Å². The number of rotatable bonds is 7. The number of benzene rings is 2. The van der Waals surface area contributed by atoms with Crippen LogP contribution < -0.4 is 20.7 Å². The van der Waals surface area contributed by atoms with Crippen molar-refractivity contribution in [2.24, 2.45) is 5.41 Å². The first-order valence-corrected chi connectivity index (χ1v) is 10.0. The lowest BCUT2D eigenvalue weighted by molar-refractivity contribution is -0.131. The predicted octanol–water partition coefficient (Wildman–Crippen LogP) is 4.10. The van der Waals surface area contributed by atoms with Gasteiger partial charge < -0.3 is 26.1 Å². The van der Waals surface area contributed by atoms with Gasteiger partial charge in [-0.25, -0.2) is 4.39 Å². The molecule has 162 valence electrons. The first kappa shape index (κ1) is 21.0. The van der Waals surface area contributed by atoms with Crippen molar-refractivity contribution in [3.8, 4) is 5.75 Å². The van der Waals surface area contributed by atoms with Gasteiger partial charge in [0.2, 0.25) is 11.8 Å². The lowest BCUT2D eigenvalue weighted by Crippen LogP contribution is -2.35. The fraction of sp³-hybridized carbons (Fsp3) is 0.125. The highest BCUT2D eigenvalue weighted by Crippen LogP contribution is 2.47. The molecule has 0 saturated heterocycles. The van der Waals surface area contributed by atoms with Crippen LogP contribution in [0.3, 0.4) is 0 Å². The van der Waals surface area contributed by atoms with E-state index in [1.54, 1.807) is 48.7 Å². The predicted molar refractivity (Wildman–Crippen MR) is 120 cm³/mol. The van der Waals surface area contributed by atoms with Crippen LogP contribution in [0.4, 0.5) is 15.8 Å². The summed E-state index contributed by atoms with van der Waals surface area (Å²) in [6.45, 7) is 0. The molecule has 1 saturated carbocycles. The summed E-state index contributed by atoms with van der Waals surface area (Å²) in [5.74, 6) is -0.0773. The van der Waals surface area contributed by atoms with Gasteiger partial charge in [-0.15, -0.1) is 0 Å². The van der Waals surface area contributed by atoms with Crippen molar-refractivity contribution in [1.29, 1.82) is 5.41 Å².